The van der Waals surface area contributed by atoms with Crippen LogP contribution in [0.25, 0.3) is 0 Å². The Hall–Kier alpha value is -2.56. The van der Waals surface area contributed by atoms with E-state index in [0.29, 0.717) is 29.3 Å². The number of anilines is 1. The van der Waals surface area contributed by atoms with Gasteiger partial charge in [-0.2, -0.15) is 0 Å². The lowest BCUT2D eigenvalue weighted by atomic mass is 10.1. The first-order chi connectivity index (χ1) is 11.5. The third kappa shape index (κ3) is 3.85. The minimum atomic E-state index is -0.409. The molecule has 1 fully saturated rings. The molecule has 1 aliphatic rings. The number of ether oxygens (including phenoxy) is 1. The number of hydrogen-bond acceptors (Lipinski definition) is 3. The van der Waals surface area contributed by atoms with Gasteiger partial charge in [0.1, 0.15) is 0 Å². The molecule has 4 nitrogen and oxygen atoms in total. The van der Waals surface area contributed by atoms with E-state index in [0.717, 1.165) is 12.8 Å². The van der Waals surface area contributed by atoms with Crippen LogP contribution in [0.5, 0.6) is 5.75 Å². The summed E-state index contributed by atoms with van der Waals surface area (Å²) < 4.78 is 19.6. The molecule has 1 atom stereocenters. The number of carbonyl (C=O) groups excluding carboxylic acids is 1. The van der Waals surface area contributed by atoms with Crippen molar-refractivity contribution < 1.29 is 13.9 Å². The summed E-state index contributed by atoms with van der Waals surface area (Å²) in [5.74, 6) is 0.138. The largest absolute Gasteiger partial charge is 0.490 e. The Morgan fingerprint density at radius 2 is 2.08 bits per heavy atom. The molecule has 0 aliphatic heterocycles. The van der Waals surface area contributed by atoms with E-state index in [-0.39, 0.29) is 17.7 Å². The smallest absolute Gasteiger partial charge is 0.253 e. The number of nitrogen functional groups attached to an aromatic ring is 1. The van der Waals surface area contributed by atoms with Gasteiger partial charge in [0, 0.05) is 5.69 Å². The van der Waals surface area contributed by atoms with Crippen LogP contribution < -0.4 is 15.8 Å². The van der Waals surface area contributed by atoms with Crippen LogP contribution in [0.2, 0.25) is 0 Å². The second-order valence-electron chi connectivity index (χ2n) is 6.23. The topological polar surface area (TPSA) is 64.4 Å². The third-order valence-corrected chi connectivity index (χ3v) is 4.18. The van der Waals surface area contributed by atoms with Gasteiger partial charge in [-0.3, -0.25) is 4.79 Å². The molecule has 0 saturated heterocycles. The van der Waals surface area contributed by atoms with E-state index in [1.165, 1.54) is 6.07 Å². The van der Waals surface area contributed by atoms with Gasteiger partial charge < -0.3 is 15.8 Å². The lowest BCUT2D eigenvalue weighted by Crippen LogP contribution is -2.27. The summed E-state index contributed by atoms with van der Waals surface area (Å²) in [4.78, 5) is 12.3. The van der Waals surface area contributed by atoms with Crippen LogP contribution in [0, 0.1) is 11.7 Å². The fourth-order valence-corrected chi connectivity index (χ4v) is 2.46. The van der Waals surface area contributed by atoms with E-state index in [2.05, 4.69) is 5.32 Å². The third-order valence-electron chi connectivity index (χ3n) is 4.18. The van der Waals surface area contributed by atoms with Crippen molar-refractivity contribution in [2.75, 3.05) is 12.3 Å². The molecule has 126 valence electrons. The predicted octanol–water partition coefficient (Wildman–Crippen LogP) is 3.69. The fraction of sp³-hybridized carbons (Fsp3) is 0.316. The van der Waals surface area contributed by atoms with Crippen LogP contribution in [-0.2, 0) is 0 Å². The molecule has 0 spiro atoms. The van der Waals surface area contributed by atoms with Crippen LogP contribution in [0.4, 0.5) is 10.1 Å². The highest BCUT2D eigenvalue weighted by atomic mass is 19.1. The maximum atomic E-state index is 14.1. The van der Waals surface area contributed by atoms with Gasteiger partial charge >= 0.3 is 0 Å². The van der Waals surface area contributed by atoms with Crippen molar-refractivity contribution in [3.05, 3.63) is 59.4 Å². The summed E-state index contributed by atoms with van der Waals surface area (Å²) in [6.07, 6.45) is 2.32. The molecular weight excluding hydrogens is 307 g/mol. The molecule has 2 aromatic rings. The molecular formula is C19H21FN2O2. The molecule has 5 heteroatoms. The highest BCUT2D eigenvalue weighted by Crippen LogP contribution is 2.30. The molecule has 0 radical (unpaired) electrons. The van der Waals surface area contributed by atoms with Crippen molar-refractivity contribution in [2.45, 2.75) is 25.8 Å². The number of benzene rings is 2. The van der Waals surface area contributed by atoms with Crippen molar-refractivity contribution in [1.82, 2.24) is 5.32 Å². The number of hydrogen-bond donors (Lipinski definition) is 2. The maximum absolute atomic E-state index is 14.1. The van der Waals surface area contributed by atoms with E-state index < -0.39 is 5.82 Å². The number of halogens is 1. The number of nitrogens with one attached hydrogen (secondary N) is 1. The highest BCUT2D eigenvalue weighted by molar-refractivity contribution is 5.99. The van der Waals surface area contributed by atoms with Crippen LogP contribution in [0.15, 0.2) is 42.5 Å². The molecule has 1 aliphatic carbocycles. The molecule has 0 heterocycles. The first-order valence-corrected chi connectivity index (χ1v) is 8.12. The summed E-state index contributed by atoms with van der Waals surface area (Å²) in [7, 11) is 0. The molecule has 1 saturated carbocycles. The van der Waals surface area contributed by atoms with Crippen molar-refractivity contribution in [2.24, 2.45) is 5.92 Å². The van der Waals surface area contributed by atoms with E-state index in [1.54, 1.807) is 43.3 Å². The van der Waals surface area contributed by atoms with Gasteiger partial charge in [-0.1, -0.05) is 18.2 Å². The Balaban J connectivity index is 1.65. The van der Waals surface area contributed by atoms with Gasteiger partial charge in [0.05, 0.1) is 18.2 Å². The summed E-state index contributed by atoms with van der Waals surface area (Å²) in [5.41, 5.74) is 7.31. The zero-order chi connectivity index (χ0) is 17.1. The zero-order valence-electron chi connectivity index (χ0n) is 13.6. The number of para-hydroxylation sites is 1. The maximum Gasteiger partial charge on any atom is 0.253 e. The molecule has 1 unspecified atom stereocenters. The second-order valence-corrected chi connectivity index (χ2v) is 6.23. The Kier molecular flexibility index (Phi) is 4.69. The van der Waals surface area contributed by atoms with E-state index in [1.807, 2.05) is 0 Å². The average molecular weight is 328 g/mol. The normalized spacial score (nSPS) is 14.9. The van der Waals surface area contributed by atoms with Crippen LogP contribution >= 0.6 is 0 Å². The van der Waals surface area contributed by atoms with Gasteiger partial charge in [0.2, 0.25) is 0 Å². The Morgan fingerprint density at radius 3 is 2.75 bits per heavy atom. The minimum absolute atomic E-state index is 0.261. The molecule has 0 bridgehead atoms. The fourth-order valence-electron chi connectivity index (χ4n) is 2.46. The molecule has 2 aromatic carbocycles. The van der Waals surface area contributed by atoms with E-state index >= 15 is 0 Å². The van der Waals surface area contributed by atoms with Gasteiger partial charge in [-0.15, -0.1) is 0 Å². The number of carbonyl (C=O) groups is 1. The Morgan fingerprint density at radius 1 is 1.33 bits per heavy atom. The van der Waals surface area contributed by atoms with Crippen molar-refractivity contribution in [3.63, 3.8) is 0 Å². The minimum Gasteiger partial charge on any atom is -0.490 e. The van der Waals surface area contributed by atoms with Crippen LogP contribution in [-0.4, -0.2) is 12.5 Å². The van der Waals surface area contributed by atoms with Crippen LogP contribution in [0.1, 0.15) is 41.7 Å². The lowest BCUT2D eigenvalue weighted by molar-refractivity contribution is 0.0940. The molecule has 3 N–H and O–H groups in total. The first-order valence-electron chi connectivity index (χ1n) is 8.12. The summed E-state index contributed by atoms with van der Waals surface area (Å²) in [5, 5.41) is 2.83. The quantitative estimate of drug-likeness (QED) is 0.795. The second kappa shape index (κ2) is 6.91. The number of nitrogens with two attached hydrogens (primary N) is 1. The molecule has 3 rings (SSSR count). The predicted molar refractivity (Wildman–Crippen MR) is 91.4 cm³/mol. The monoisotopic (exact) mass is 328 g/mol. The van der Waals surface area contributed by atoms with Crippen molar-refractivity contribution in [1.29, 1.82) is 0 Å². The molecule has 0 aromatic heterocycles. The first kappa shape index (κ1) is 16.3. The van der Waals surface area contributed by atoms with Gasteiger partial charge in [0.25, 0.3) is 5.91 Å². The number of rotatable bonds is 6. The molecule has 24 heavy (non-hydrogen) atoms. The summed E-state index contributed by atoms with van der Waals surface area (Å²) in [6.45, 7) is 2.37. The van der Waals surface area contributed by atoms with E-state index in [4.69, 9.17) is 10.5 Å². The Bertz CT molecular complexity index is 744. The highest BCUT2D eigenvalue weighted by Gasteiger charge is 2.22. The van der Waals surface area contributed by atoms with Crippen molar-refractivity contribution >= 4 is 11.6 Å². The lowest BCUT2D eigenvalue weighted by Gasteiger charge is -2.16. The van der Waals surface area contributed by atoms with Gasteiger partial charge in [-0.25, -0.2) is 4.39 Å². The molecule has 1 amide bonds. The number of amides is 1. The van der Waals surface area contributed by atoms with Gasteiger partial charge in [-0.05, 0) is 55.5 Å². The van der Waals surface area contributed by atoms with Crippen LogP contribution in [0.3, 0.4) is 0 Å². The summed E-state index contributed by atoms with van der Waals surface area (Å²) >= 11 is 0. The van der Waals surface area contributed by atoms with E-state index in [9.17, 15) is 9.18 Å². The zero-order valence-corrected chi connectivity index (χ0v) is 13.6. The average Bonchev–Trinajstić information content (AvgIpc) is 3.38. The SMILES string of the molecule is CC(NC(=O)c1ccccc1N)c1ccc(OCC2CC2)c(F)c1. The summed E-state index contributed by atoms with van der Waals surface area (Å²) in [6, 6.07) is 11.3. The van der Waals surface area contributed by atoms with Crippen molar-refractivity contribution in [3.8, 4) is 5.75 Å². The Labute approximate surface area is 140 Å². The standard InChI is InChI=1S/C19H21FN2O2/c1-12(22-19(23)15-4-2-3-5-17(15)21)14-8-9-18(16(20)10-14)24-11-13-6-7-13/h2-5,8-10,12-13H,6-7,11,21H2,1H3,(H,22,23). The van der Waals surface area contributed by atoms with Gasteiger partial charge in [0.15, 0.2) is 11.6 Å².